The minimum atomic E-state index is -0.458. The molecule has 7 nitrogen and oxygen atoms in total. The van der Waals surface area contributed by atoms with Gasteiger partial charge in [0.1, 0.15) is 16.5 Å². The smallest absolute Gasteiger partial charge is 0.357 e. The van der Waals surface area contributed by atoms with Gasteiger partial charge in [-0.05, 0) is 51.3 Å². The van der Waals surface area contributed by atoms with Crippen molar-refractivity contribution in [2.45, 2.75) is 40.2 Å². The second-order valence-electron chi connectivity index (χ2n) is 8.17. The minimum absolute atomic E-state index is 0.154. The Hall–Kier alpha value is -3.39. The molecule has 0 saturated carbocycles. The number of esters is 1. The second kappa shape index (κ2) is 12.4. The summed E-state index contributed by atoms with van der Waals surface area (Å²) in [6.07, 6.45) is 1.63. The van der Waals surface area contributed by atoms with Gasteiger partial charge < -0.3 is 19.1 Å². The van der Waals surface area contributed by atoms with Crippen LogP contribution in [0.15, 0.2) is 41.8 Å². The summed E-state index contributed by atoms with van der Waals surface area (Å²) in [7, 11) is 3.14. The molecule has 1 heterocycles. The van der Waals surface area contributed by atoms with E-state index in [2.05, 4.69) is 30.1 Å². The van der Waals surface area contributed by atoms with Gasteiger partial charge >= 0.3 is 5.97 Å². The van der Waals surface area contributed by atoms with Crippen molar-refractivity contribution in [3.05, 3.63) is 74.7 Å². The lowest BCUT2D eigenvalue weighted by atomic mass is 10.1. The molecule has 0 atom stereocenters. The molecule has 0 saturated heterocycles. The topological polar surface area (TPSA) is 78.0 Å². The first kappa shape index (κ1) is 26.2. The highest BCUT2D eigenvalue weighted by Gasteiger charge is 2.22. The Morgan fingerprint density at radius 1 is 1.06 bits per heavy atom. The molecule has 3 rings (SSSR count). The van der Waals surface area contributed by atoms with E-state index in [1.54, 1.807) is 43.6 Å². The highest BCUT2D eigenvalue weighted by molar-refractivity contribution is 7.09. The Morgan fingerprint density at radius 2 is 1.77 bits per heavy atom. The maximum absolute atomic E-state index is 13.6. The third kappa shape index (κ3) is 6.82. The standard InChI is InChI=1S/C27H32N2O5S/c1-6-34-27(31)22-17-35-25(28-22)16-29(12-8-11-20-10-7-9-18(2)13-20)26(30)21-14-23(32-4)19(3)24(15-21)33-5/h7,9-10,13-15,17H,6,8,11-12,16H2,1-5H3. The van der Waals surface area contributed by atoms with E-state index >= 15 is 0 Å². The van der Waals surface area contributed by atoms with Crippen LogP contribution in [0.2, 0.25) is 0 Å². The summed E-state index contributed by atoms with van der Waals surface area (Å²) in [5.74, 6) is 0.566. The molecule has 0 radical (unpaired) electrons. The summed E-state index contributed by atoms with van der Waals surface area (Å²) in [5, 5.41) is 2.34. The lowest BCUT2D eigenvalue weighted by Gasteiger charge is -2.23. The molecule has 0 N–H and O–H groups in total. The van der Waals surface area contributed by atoms with Crippen molar-refractivity contribution in [2.75, 3.05) is 27.4 Å². The summed E-state index contributed by atoms with van der Waals surface area (Å²) in [6, 6.07) is 11.8. The fourth-order valence-corrected chi connectivity index (χ4v) is 4.61. The number of benzene rings is 2. The molecule has 186 valence electrons. The first-order valence-electron chi connectivity index (χ1n) is 11.5. The zero-order valence-corrected chi connectivity index (χ0v) is 21.7. The van der Waals surface area contributed by atoms with Crippen LogP contribution in [0.3, 0.4) is 0 Å². The van der Waals surface area contributed by atoms with Crippen molar-refractivity contribution in [1.29, 1.82) is 0 Å². The number of thiazole rings is 1. The molecule has 0 bridgehead atoms. The van der Waals surface area contributed by atoms with E-state index in [1.165, 1.54) is 22.5 Å². The van der Waals surface area contributed by atoms with Crippen LogP contribution in [-0.2, 0) is 17.7 Å². The largest absolute Gasteiger partial charge is 0.496 e. The van der Waals surface area contributed by atoms with Gasteiger partial charge in [0.25, 0.3) is 5.91 Å². The van der Waals surface area contributed by atoms with E-state index in [0.717, 1.165) is 18.4 Å². The molecule has 0 aliphatic heterocycles. The van der Waals surface area contributed by atoms with E-state index in [4.69, 9.17) is 14.2 Å². The van der Waals surface area contributed by atoms with E-state index in [1.807, 2.05) is 13.0 Å². The molecule has 8 heteroatoms. The fourth-order valence-electron chi connectivity index (χ4n) is 3.83. The van der Waals surface area contributed by atoms with Gasteiger partial charge in [-0.2, -0.15) is 0 Å². The van der Waals surface area contributed by atoms with E-state index in [9.17, 15) is 9.59 Å². The van der Waals surface area contributed by atoms with Crippen LogP contribution in [0.1, 0.15) is 55.9 Å². The van der Waals surface area contributed by atoms with Crippen molar-refractivity contribution in [2.24, 2.45) is 0 Å². The average Bonchev–Trinajstić information content (AvgIpc) is 3.32. The number of hydrogen-bond donors (Lipinski definition) is 0. The number of carbonyl (C=O) groups is 2. The number of aryl methyl sites for hydroxylation is 2. The van der Waals surface area contributed by atoms with Crippen LogP contribution in [0.4, 0.5) is 0 Å². The van der Waals surface area contributed by atoms with Crippen LogP contribution in [-0.4, -0.2) is 49.1 Å². The quantitative estimate of drug-likeness (QED) is 0.338. The molecule has 0 spiro atoms. The third-order valence-corrected chi connectivity index (χ3v) is 6.46. The zero-order chi connectivity index (χ0) is 25.4. The lowest BCUT2D eigenvalue weighted by molar-refractivity contribution is 0.0520. The van der Waals surface area contributed by atoms with Crippen LogP contribution >= 0.6 is 11.3 Å². The van der Waals surface area contributed by atoms with Crippen LogP contribution in [0, 0.1) is 13.8 Å². The third-order valence-electron chi connectivity index (χ3n) is 5.62. The summed E-state index contributed by atoms with van der Waals surface area (Å²) in [5.41, 5.74) is 4.01. The van der Waals surface area contributed by atoms with Crippen molar-refractivity contribution in [1.82, 2.24) is 9.88 Å². The molecule has 1 amide bonds. The summed E-state index contributed by atoms with van der Waals surface area (Å²) < 4.78 is 16.0. The maximum atomic E-state index is 13.6. The summed E-state index contributed by atoms with van der Waals surface area (Å²) in [6.45, 7) is 6.81. The van der Waals surface area contributed by atoms with Gasteiger partial charge in [0.05, 0.1) is 27.4 Å². The number of amides is 1. The first-order valence-corrected chi connectivity index (χ1v) is 12.4. The molecule has 0 unspecified atom stereocenters. The normalized spacial score (nSPS) is 10.7. The Balaban J connectivity index is 1.84. The van der Waals surface area contributed by atoms with Crippen molar-refractivity contribution >= 4 is 23.2 Å². The SMILES string of the molecule is CCOC(=O)c1csc(CN(CCCc2cccc(C)c2)C(=O)c2cc(OC)c(C)c(OC)c2)n1. The molecule has 0 aliphatic carbocycles. The Morgan fingerprint density at radius 3 is 2.40 bits per heavy atom. The van der Waals surface area contributed by atoms with Crippen LogP contribution in [0.25, 0.3) is 0 Å². The maximum Gasteiger partial charge on any atom is 0.357 e. The predicted octanol–water partition coefficient (Wildman–Crippen LogP) is 5.23. The Labute approximate surface area is 210 Å². The summed E-state index contributed by atoms with van der Waals surface area (Å²) in [4.78, 5) is 31.8. The predicted molar refractivity (Wildman–Crippen MR) is 137 cm³/mol. The number of aromatic nitrogens is 1. The monoisotopic (exact) mass is 496 g/mol. The number of methoxy groups -OCH3 is 2. The molecule has 1 aromatic heterocycles. The van der Waals surface area contributed by atoms with Crippen molar-refractivity contribution in [3.8, 4) is 11.5 Å². The van der Waals surface area contributed by atoms with Gasteiger partial charge in [-0.3, -0.25) is 4.79 Å². The molecular formula is C27H32N2O5S. The fraction of sp³-hybridized carbons (Fsp3) is 0.370. The summed E-state index contributed by atoms with van der Waals surface area (Å²) >= 11 is 1.34. The molecule has 0 aliphatic rings. The molecule has 3 aromatic rings. The van der Waals surface area contributed by atoms with Gasteiger partial charge in [0, 0.05) is 23.1 Å². The molecule has 35 heavy (non-hydrogen) atoms. The minimum Gasteiger partial charge on any atom is -0.496 e. The first-order chi connectivity index (χ1) is 16.9. The van der Waals surface area contributed by atoms with E-state index in [0.29, 0.717) is 28.6 Å². The highest BCUT2D eigenvalue weighted by atomic mass is 32.1. The van der Waals surface area contributed by atoms with Crippen LogP contribution in [0.5, 0.6) is 11.5 Å². The van der Waals surface area contributed by atoms with Crippen LogP contribution < -0.4 is 9.47 Å². The number of ether oxygens (including phenoxy) is 3. The van der Waals surface area contributed by atoms with Gasteiger partial charge in [0.15, 0.2) is 5.69 Å². The van der Waals surface area contributed by atoms with Crippen molar-refractivity contribution in [3.63, 3.8) is 0 Å². The lowest BCUT2D eigenvalue weighted by Crippen LogP contribution is -2.32. The van der Waals surface area contributed by atoms with E-state index in [-0.39, 0.29) is 24.8 Å². The van der Waals surface area contributed by atoms with Gasteiger partial charge in [0.2, 0.25) is 0 Å². The van der Waals surface area contributed by atoms with Crippen molar-refractivity contribution < 1.29 is 23.8 Å². The average molecular weight is 497 g/mol. The van der Waals surface area contributed by atoms with E-state index < -0.39 is 5.97 Å². The molecule has 0 fully saturated rings. The Bertz CT molecular complexity index is 1150. The van der Waals surface area contributed by atoms with Gasteiger partial charge in [-0.15, -0.1) is 11.3 Å². The second-order valence-corrected chi connectivity index (χ2v) is 9.11. The van der Waals surface area contributed by atoms with Gasteiger partial charge in [-0.1, -0.05) is 29.8 Å². The molecular weight excluding hydrogens is 464 g/mol. The van der Waals surface area contributed by atoms with Gasteiger partial charge in [-0.25, -0.2) is 9.78 Å². The number of rotatable bonds is 11. The zero-order valence-electron chi connectivity index (χ0n) is 20.9. The highest BCUT2D eigenvalue weighted by Crippen LogP contribution is 2.30. The number of carbonyl (C=O) groups excluding carboxylic acids is 2. The number of nitrogens with zero attached hydrogens (tertiary/aromatic N) is 2. The number of hydrogen-bond acceptors (Lipinski definition) is 7. The molecule has 2 aromatic carbocycles. The Kier molecular flexibility index (Phi) is 9.25.